The average molecular weight is 388 g/mol. The number of fused-ring (bicyclic) bond motifs is 1. The minimum Gasteiger partial charge on any atom is -0.366 e. The Morgan fingerprint density at radius 3 is 2.69 bits per heavy atom. The highest BCUT2D eigenvalue weighted by Crippen LogP contribution is 2.43. The van der Waals surface area contributed by atoms with E-state index in [1.165, 1.54) is 11.3 Å². The number of carbonyl (C=O) groups excluding carboxylic acids is 1. The topological polar surface area (TPSA) is 56.1 Å². The van der Waals surface area contributed by atoms with Gasteiger partial charge in [-0.2, -0.15) is 5.26 Å². The lowest BCUT2D eigenvalue weighted by atomic mass is 9.79. The van der Waals surface area contributed by atoms with E-state index < -0.39 is 0 Å². The summed E-state index contributed by atoms with van der Waals surface area (Å²) in [6, 6.07) is 15.8. The van der Waals surface area contributed by atoms with E-state index in [0.717, 1.165) is 29.8 Å². The Labute approximate surface area is 173 Å². The molecule has 3 rings (SSSR count). The van der Waals surface area contributed by atoms with Crippen LogP contribution in [-0.2, 0) is 4.79 Å². The number of hydrogen-bond acceptors (Lipinski definition) is 3. The van der Waals surface area contributed by atoms with Crippen molar-refractivity contribution in [3.8, 4) is 6.07 Å². The van der Waals surface area contributed by atoms with Gasteiger partial charge in [-0.3, -0.25) is 4.79 Å². The third-order valence-corrected chi connectivity index (χ3v) is 5.80. The van der Waals surface area contributed by atoms with Crippen LogP contribution >= 0.6 is 0 Å². The number of rotatable bonds is 4. The largest absolute Gasteiger partial charge is 0.366 e. The summed E-state index contributed by atoms with van der Waals surface area (Å²) in [6.07, 6.45) is 2.75. The molecule has 1 aliphatic heterocycles. The van der Waals surface area contributed by atoms with Gasteiger partial charge in [0.05, 0.1) is 0 Å². The lowest BCUT2D eigenvalue weighted by Crippen LogP contribution is -2.48. The van der Waals surface area contributed by atoms with Crippen molar-refractivity contribution in [2.24, 2.45) is 0 Å². The number of anilines is 2. The Morgan fingerprint density at radius 2 is 2.03 bits per heavy atom. The first-order chi connectivity index (χ1) is 13.8. The molecular weight excluding hydrogens is 358 g/mol. The molecule has 1 amide bonds. The molecule has 0 unspecified atom stereocenters. The molecule has 1 aliphatic rings. The van der Waals surface area contributed by atoms with Crippen molar-refractivity contribution in [2.75, 3.05) is 16.8 Å². The molecule has 0 radical (unpaired) electrons. The number of nitriles is 1. The lowest BCUT2D eigenvalue weighted by molar-refractivity contribution is -0.112. The maximum absolute atomic E-state index is 12.6. The highest BCUT2D eigenvalue weighted by atomic mass is 16.1. The summed E-state index contributed by atoms with van der Waals surface area (Å²) in [5, 5.41) is 12.4. The van der Waals surface area contributed by atoms with Crippen LogP contribution < -0.4 is 10.2 Å². The van der Waals surface area contributed by atoms with E-state index in [9.17, 15) is 10.1 Å². The van der Waals surface area contributed by atoms with Gasteiger partial charge in [0.1, 0.15) is 11.6 Å². The first-order valence-corrected chi connectivity index (χ1v) is 10.2. The van der Waals surface area contributed by atoms with Gasteiger partial charge in [0.2, 0.25) is 0 Å². The quantitative estimate of drug-likeness (QED) is 0.544. The third-order valence-electron chi connectivity index (χ3n) is 5.80. The normalized spacial score (nSPS) is 18.0. The number of amides is 1. The van der Waals surface area contributed by atoms with Crippen molar-refractivity contribution in [3.63, 3.8) is 0 Å². The standard InChI is InChI=1S/C25H29N3O/c1-6-28-23-12-11-19(14-21(23)18(3)15-25(28,4)5)13-20(16-26)24(29)27-22-10-8-7-9-17(22)2/h7-14,18H,6,15H2,1-5H3,(H,27,29)/b20-13-/t18-/m1/s1. The maximum Gasteiger partial charge on any atom is 0.266 e. The number of nitrogens with one attached hydrogen (secondary N) is 1. The molecule has 1 N–H and O–H groups in total. The molecule has 2 aromatic carbocycles. The summed E-state index contributed by atoms with van der Waals surface area (Å²) in [6.45, 7) is 11.9. The summed E-state index contributed by atoms with van der Waals surface area (Å²) in [5.74, 6) is 0.0337. The number of hydrogen-bond donors (Lipinski definition) is 1. The monoisotopic (exact) mass is 387 g/mol. The Hall–Kier alpha value is -3.06. The molecular formula is C25H29N3O. The third kappa shape index (κ3) is 4.19. The van der Waals surface area contributed by atoms with E-state index in [2.05, 4.69) is 56.1 Å². The fraction of sp³-hybridized carbons (Fsp3) is 0.360. The van der Waals surface area contributed by atoms with Crippen LogP contribution in [0.15, 0.2) is 48.0 Å². The van der Waals surface area contributed by atoms with Crippen LogP contribution in [0.25, 0.3) is 6.08 Å². The first kappa shape index (κ1) is 20.7. The van der Waals surface area contributed by atoms with Gasteiger partial charge < -0.3 is 10.2 Å². The van der Waals surface area contributed by atoms with Crippen LogP contribution in [0.5, 0.6) is 0 Å². The van der Waals surface area contributed by atoms with Crippen molar-refractivity contribution in [2.45, 2.75) is 52.5 Å². The Morgan fingerprint density at radius 1 is 1.31 bits per heavy atom. The van der Waals surface area contributed by atoms with Crippen LogP contribution in [-0.4, -0.2) is 18.0 Å². The molecule has 0 spiro atoms. The average Bonchev–Trinajstić information content (AvgIpc) is 2.67. The van der Waals surface area contributed by atoms with Crippen LogP contribution in [0.4, 0.5) is 11.4 Å². The molecule has 4 heteroatoms. The predicted molar refractivity (Wildman–Crippen MR) is 120 cm³/mol. The van der Waals surface area contributed by atoms with Crippen molar-refractivity contribution in [3.05, 3.63) is 64.7 Å². The summed E-state index contributed by atoms with van der Waals surface area (Å²) in [5.41, 5.74) is 5.30. The molecule has 0 fully saturated rings. The molecule has 0 aromatic heterocycles. The molecule has 29 heavy (non-hydrogen) atoms. The fourth-order valence-electron chi connectivity index (χ4n) is 4.42. The summed E-state index contributed by atoms with van der Waals surface area (Å²) < 4.78 is 0. The van der Waals surface area contributed by atoms with Crippen LogP contribution in [0.2, 0.25) is 0 Å². The second-order valence-electron chi connectivity index (χ2n) is 8.42. The lowest BCUT2D eigenvalue weighted by Gasteiger charge is -2.47. The Balaban J connectivity index is 1.91. The SMILES string of the molecule is CCN1c2ccc(/C=C(/C#N)C(=O)Nc3ccccc3C)cc2[C@H](C)CC1(C)C. The molecule has 150 valence electrons. The van der Waals surface area contributed by atoms with Gasteiger partial charge >= 0.3 is 0 Å². The Kier molecular flexibility index (Phi) is 5.79. The number of nitrogens with zero attached hydrogens (tertiary/aromatic N) is 2. The van der Waals surface area contributed by atoms with Gasteiger partial charge in [0.25, 0.3) is 5.91 Å². The first-order valence-electron chi connectivity index (χ1n) is 10.2. The van der Waals surface area contributed by atoms with Gasteiger partial charge in [-0.05, 0) is 81.0 Å². The highest BCUT2D eigenvalue weighted by Gasteiger charge is 2.35. The summed E-state index contributed by atoms with van der Waals surface area (Å²) in [4.78, 5) is 15.1. The minimum absolute atomic E-state index is 0.101. The van der Waals surface area contributed by atoms with Crippen LogP contribution in [0, 0.1) is 18.3 Å². The number of para-hydroxylation sites is 1. The number of aryl methyl sites for hydroxylation is 1. The molecule has 1 atom stereocenters. The van der Waals surface area contributed by atoms with Crippen molar-refractivity contribution >= 4 is 23.4 Å². The fourth-order valence-corrected chi connectivity index (χ4v) is 4.42. The van der Waals surface area contributed by atoms with Gasteiger partial charge in [-0.1, -0.05) is 31.2 Å². The molecule has 0 bridgehead atoms. The molecule has 0 saturated heterocycles. The summed E-state index contributed by atoms with van der Waals surface area (Å²) in [7, 11) is 0. The molecule has 4 nitrogen and oxygen atoms in total. The van der Waals surface area contributed by atoms with Gasteiger partial charge in [0, 0.05) is 23.5 Å². The van der Waals surface area contributed by atoms with Crippen molar-refractivity contribution in [1.82, 2.24) is 0 Å². The van der Waals surface area contributed by atoms with E-state index in [-0.39, 0.29) is 17.0 Å². The molecule has 1 heterocycles. The second-order valence-corrected chi connectivity index (χ2v) is 8.42. The zero-order valence-corrected chi connectivity index (χ0v) is 17.9. The zero-order chi connectivity index (χ0) is 21.2. The summed E-state index contributed by atoms with van der Waals surface area (Å²) >= 11 is 0. The van der Waals surface area contributed by atoms with Gasteiger partial charge in [-0.15, -0.1) is 0 Å². The molecule has 0 aliphatic carbocycles. The maximum atomic E-state index is 12.6. The van der Waals surface area contributed by atoms with Gasteiger partial charge in [-0.25, -0.2) is 0 Å². The van der Waals surface area contributed by atoms with Crippen LogP contribution in [0.3, 0.4) is 0 Å². The van der Waals surface area contributed by atoms with E-state index in [0.29, 0.717) is 5.92 Å². The van der Waals surface area contributed by atoms with Crippen molar-refractivity contribution < 1.29 is 4.79 Å². The molecule has 2 aromatic rings. The van der Waals surface area contributed by atoms with Gasteiger partial charge in [0.15, 0.2) is 0 Å². The predicted octanol–water partition coefficient (Wildman–Crippen LogP) is 5.65. The molecule has 0 saturated carbocycles. The van der Waals surface area contributed by atoms with E-state index >= 15 is 0 Å². The van der Waals surface area contributed by atoms with Crippen molar-refractivity contribution in [1.29, 1.82) is 5.26 Å². The Bertz CT molecular complexity index is 997. The number of benzene rings is 2. The van der Waals surface area contributed by atoms with E-state index in [4.69, 9.17) is 0 Å². The zero-order valence-electron chi connectivity index (χ0n) is 17.9. The van der Waals surface area contributed by atoms with Crippen LogP contribution in [0.1, 0.15) is 56.7 Å². The second kappa shape index (κ2) is 8.13. The number of carbonyl (C=O) groups is 1. The highest BCUT2D eigenvalue weighted by molar-refractivity contribution is 6.10. The van der Waals surface area contributed by atoms with E-state index in [1.807, 2.05) is 37.3 Å². The minimum atomic E-state index is -0.385. The smallest absolute Gasteiger partial charge is 0.266 e. The van der Waals surface area contributed by atoms with E-state index in [1.54, 1.807) is 6.08 Å².